The fourth-order valence-electron chi connectivity index (χ4n) is 1.39. The zero-order valence-electron chi connectivity index (χ0n) is 9.86. The summed E-state index contributed by atoms with van der Waals surface area (Å²) in [6.45, 7) is 6.16. The van der Waals surface area contributed by atoms with Gasteiger partial charge in [0.05, 0.1) is 17.0 Å². The average Bonchev–Trinajstić information content (AvgIpc) is 2.64. The second kappa shape index (κ2) is 5.75. The third-order valence-electron chi connectivity index (χ3n) is 2.48. The molecule has 0 radical (unpaired) electrons. The fraction of sp³-hybridized carbons (Fsp3) is 0.700. The summed E-state index contributed by atoms with van der Waals surface area (Å²) >= 11 is 1.60. The molecule has 0 saturated carbocycles. The van der Waals surface area contributed by atoms with Crippen molar-refractivity contribution >= 4 is 21.2 Å². The van der Waals surface area contributed by atoms with E-state index in [0.717, 1.165) is 5.69 Å². The van der Waals surface area contributed by atoms with Gasteiger partial charge in [-0.15, -0.1) is 11.3 Å². The summed E-state index contributed by atoms with van der Waals surface area (Å²) in [5.74, 6) is 0.411. The summed E-state index contributed by atoms with van der Waals surface area (Å²) in [6.07, 6.45) is 0. The maximum Gasteiger partial charge on any atom is 0.151 e. The molecule has 1 aromatic heterocycles. The van der Waals surface area contributed by atoms with Crippen LogP contribution in [0.1, 0.15) is 30.5 Å². The van der Waals surface area contributed by atoms with E-state index in [1.807, 2.05) is 19.4 Å². The van der Waals surface area contributed by atoms with Gasteiger partial charge in [0.1, 0.15) is 0 Å². The van der Waals surface area contributed by atoms with E-state index >= 15 is 0 Å². The Labute approximate surface area is 101 Å². The van der Waals surface area contributed by atoms with Crippen LogP contribution >= 0.6 is 11.3 Å². The normalized spacial score (nSPS) is 13.9. The van der Waals surface area contributed by atoms with Gasteiger partial charge < -0.3 is 5.32 Å². The molecule has 0 saturated heterocycles. The molecule has 1 heterocycles. The summed E-state index contributed by atoms with van der Waals surface area (Å²) in [5, 5.41) is 3.21. The predicted molar refractivity (Wildman–Crippen MR) is 67.6 cm³/mol. The molecule has 0 amide bonds. The first-order valence-corrected chi connectivity index (χ1v) is 8.00. The van der Waals surface area contributed by atoms with Crippen molar-refractivity contribution in [2.45, 2.75) is 26.8 Å². The summed E-state index contributed by atoms with van der Waals surface area (Å²) in [4.78, 5) is 5.35. The third-order valence-corrected chi connectivity index (χ3v) is 5.30. The first-order chi connectivity index (χ1) is 7.46. The van der Waals surface area contributed by atoms with Gasteiger partial charge in [-0.05, 0) is 13.8 Å². The first kappa shape index (κ1) is 13.6. The Morgan fingerprint density at radius 2 is 2.25 bits per heavy atom. The van der Waals surface area contributed by atoms with Crippen molar-refractivity contribution in [2.75, 3.05) is 18.1 Å². The van der Waals surface area contributed by atoms with Gasteiger partial charge in [-0.2, -0.15) is 0 Å². The lowest BCUT2D eigenvalue weighted by Gasteiger charge is -2.12. The molecule has 0 aliphatic carbocycles. The zero-order valence-corrected chi connectivity index (χ0v) is 11.5. The molecule has 0 aliphatic heterocycles. The van der Waals surface area contributed by atoms with Crippen LogP contribution in [0.2, 0.25) is 0 Å². The molecule has 0 aromatic carbocycles. The van der Waals surface area contributed by atoms with E-state index in [4.69, 9.17) is 0 Å². The SMILES string of the molecule is CCS(=O)(=O)CCNC(C)c1scnc1C. The van der Waals surface area contributed by atoms with E-state index in [-0.39, 0.29) is 17.5 Å². The summed E-state index contributed by atoms with van der Waals surface area (Å²) in [5.41, 5.74) is 2.83. The van der Waals surface area contributed by atoms with Crippen LogP contribution in [0.3, 0.4) is 0 Å². The molecule has 1 unspecified atom stereocenters. The van der Waals surface area contributed by atoms with E-state index < -0.39 is 9.84 Å². The molecule has 16 heavy (non-hydrogen) atoms. The van der Waals surface area contributed by atoms with Crippen LogP contribution in [0.5, 0.6) is 0 Å². The van der Waals surface area contributed by atoms with Crippen molar-refractivity contribution < 1.29 is 8.42 Å². The van der Waals surface area contributed by atoms with E-state index in [1.54, 1.807) is 18.3 Å². The Hall–Kier alpha value is -0.460. The standard InChI is InChI=1S/C10H18N2O2S2/c1-4-16(13,14)6-5-11-8(2)10-9(3)12-7-15-10/h7-8,11H,4-6H2,1-3H3. The van der Waals surface area contributed by atoms with Crippen molar-refractivity contribution in [1.29, 1.82) is 0 Å². The number of hydrogen-bond acceptors (Lipinski definition) is 5. The second-order valence-electron chi connectivity index (χ2n) is 3.71. The minimum Gasteiger partial charge on any atom is -0.308 e. The van der Waals surface area contributed by atoms with Gasteiger partial charge in [-0.1, -0.05) is 6.92 Å². The molecular formula is C10H18N2O2S2. The number of nitrogens with zero attached hydrogens (tertiary/aromatic N) is 1. The Morgan fingerprint density at radius 1 is 1.56 bits per heavy atom. The number of hydrogen-bond donors (Lipinski definition) is 1. The van der Waals surface area contributed by atoms with Crippen molar-refractivity contribution in [3.05, 3.63) is 16.1 Å². The van der Waals surface area contributed by atoms with Crippen LogP contribution in [0.25, 0.3) is 0 Å². The van der Waals surface area contributed by atoms with Crippen molar-refractivity contribution in [1.82, 2.24) is 10.3 Å². The Balaban J connectivity index is 2.43. The van der Waals surface area contributed by atoms with Crippen LogP contribution in [0.4, 0.5) is 0 Å². The Bertz CT molecular complexity index is 426. The fourth-order valence-corrected chi connectivity index (χ4v) is 2.95. The van der Waals surface area contributed by atoms with Crippen LogP contribution in [-0.4, -0.2) is 31.5 Å². The van der Waals surface area contributed by atoms with Crippen molar-refractivity contribution in [3.63, 3.8) is 0 Å². The van der Waals surface area contributed by atoms with Crippen LogP contribution < -0.4 is 5.32 Å². The number of sulfone groups is 1. The van der Waals surface area contributed by atoms with Crippen LogP contribution in [-0.2, 0) is 9.84 Å². The first-order valence-electron chi connectivity index (χ1n) is 5.30. The number of thiazole rings is 1. The topological polar surface area (TPSA) is 59.1 Å². The molecule has 0 spiro atoms. The molecule has 0 aliphatic rings. The Morgan fingerprint density at radius 3 is 2.75 bits per heavy atom. The van der Waals surface area contributed by atoms with Crippen molar-refractivity contribution in [2.24, 2.45) is 0 Å². The highest BCUT2D eigenvalue weighted by molar-refractivity contribution is 7.91. The van der Waals surface area contributed by atoms with E-state index in [0.29, 0.717) is 6.54 Å². The monoisotopic (exact) mass is 262 g/mol. The minimum absolute atomic E-state index is 0.166. The highest BCUT2D eigenvalue weighted by Gasteiger charge is 2.12. The molecule has 1 rings (SSSR count). The summed E-state index contributed by atoms with van der Waals surface area (Å²) in [7, 11) is -2.87. The predicted octanol–water partition coefficient (Wildman–Crippen LogP) is 1.54. The second-order valence-corrected chi connectivity index (χ2v) is 7.07. The average molecular weight is 262 g/mol. The molecule has 4 nitrogen and oxygen atoms in total. The molecule has 6 heteroatoms. The molecular weight excluding hydrogens is 244 g/mol. The van der Waals surface area contributed by atoms with Gasteiger partial charge in [-0.25, -0.2) is 13.4 Å². The van der Waals surface area contributed by atoms with E-state index in [9.17, 15) is 8.42 Å². The molecule has 0 fully saturated rings. The van der Waals surface area contributed by atoms with E-state index in [1.165, 1.54) is 4.88 Å². The number of aryl methyl sites for hydroxylation is 1. The van der Waals surface area contributed by atoms with Gasteiger partial charge >= 0.3 is 0 Å². The lowest BCUT2D eigenvalue weighted by Crippen LogP contribution is -2.26. The highest BCUT2D eigenvalue weighted by Crippen LogP contribution is 2.20. The maximum atomic E-state index is 11.3. The van der Waals surface area contributed by atoms with Gasteiger partial charge in [0, 0.05) is 23.2 Å². The Kier molecular flexibility index (Phi) is 4.89. The van der Waals surface area contributed by atoms with Crippen LogP contribution in [0, 0.1) is 6.92 Å². The quantitative estimate of drug-likeness (QED) is 0.845. The summed E-state index contributed by atoms with van der Waals surface area (Å²) in [6, 6.07) is 0.166. The minimum atomic E-state index is -2.87. The van der Waals surface area contributed by atoms with Gasteiger partial charge in [0.2, 0.25) is 0 Å². The highest BCUT2D eigenvalue weighted by atomic mass is 32.2. The molecule has 1 aromatic rings. The number of nitrogens with one attached hydrogen (secondary N) is 1. The van der Waals surface area contributed by atoms with Gasteiger partial charge in [0.15, 0.2) is 9.84 Å². The van der Waals surface area contributed by atoms with Crippen LogP contribution in [0.15, 0.2) is 5.51 Å². The largest absolute Gasteiger partial charge is 0.308 e. The lowest BCUT2D eigenvalue weighted by atomic mass is 10.2. The van der Waals surface area contributed by atoms with Gasteiger partial charge in [0.25, 0.3) is 0 Å². The zero-order chi connectivity index (χ0) is 12.2. The number of rotatable bonds is 6. The number of aromatic nitrogens is 1. The van der Waals surface area contributed by atoms with Crippen molar-refractivity contribution in [3.8, 4) is 0 Å². The summed E-state index contributed by atoms with van der Waals surface area (Å²) < 4.78 is 22.6. The smallest absolute Gasteiger partial charge is 0.151 e. The van der Waals surface area contributed by atoms with E-state index in [2.05, 4.69) is 10.3 Å². The third kappa shape index (κ3) is 3.84. The van der Waals surface area contributed by atoms with Gasteiger partial charge in [-0.3, -0.25) is 0 Å². The molecule has 92 valence electrons. The molecule has 1 atom stereocenters. The molecule has 0 bridgehead atoms. The maximum absolute atomic E-state index is 11.3. The lowest BCUT2D eigenvalue weighted by molar-refractivity contribution is 0.575. The molecule has 1 N–H and O–H groups in total.